The number of nitrogens with zero attached hydrogens (tertiary/aromatic N) is 5. The number of hydrogen-bond acceptors (Lipinski definition) is 9. The minimum atomic E-state index is -0.574. The van der Waals surface area contributed by atoms with Crippen molar-refractivity contribution in [3.63, 3.8) is 0 Å². The molecule has 2 N–H and O–H groups in total. The van der Waals surface area contributed by atoms with Crippen molar-refractivity contribution in [3.8, 4) is 0 Å². The zero-order valence-electron chi connectivity index (χ0n) is 18.2. The normalized spacial score (nSPS) is 11.0. The summed E-state index contributed by atoms with van der Waals surface area (Å²) >= 11 is 7.60. The Hall–Kier alpha value is -2.96. The third kappa shape index (κ3) is 6.30. The van der Waals surface area contributed by atoms with Crippen molar-refractivity contribution in [1.82, 2.24) is 25.1 Å². The summed E-state index contributed by atoms with van der Waals surface area (Å²) < 4.78 is 6.78. The lowest BCUT2D eigenvalue weighted by Crippen LogP contribution is -2.28. The SMILES string of the molecule is CCCSc1nc(NCCOC)c2cnn(CCNC(=O)c3cc([N+](=O)[O-])ccc3Cl)c2n1. The van der Waals surface area contributed by atoms with Crippen LogP contribution in [0.15, 0.2) is 29.6 Å². The molecule has 1 aromatic carbocycles. The molecule has 2 heterocycles. The average Bonchev–Trinajstić information content (AvgIpc) is 3.21. The molecule has 0 atom stereocenters. The number of thioether (sulfide) groups is 1. The maximum atomic E-state index is 12.5. The van der Waals surface area contributed by atoms with Gasteiger partial charge < -0.3 is 15.4 Å². The van der Waals surface area contributed by atoms with Gasteiger partial charge in [-0.3, -0.25) is 14.9 Å². The summed E-state index contributed by atoms with van der Waals surface area (Å²) in [5, 5.41) is 22.9. The molecule has 0 aliphatic rings. The van der Waals surface area contributed by atoms with Crippen LogP contribution in [0, 0.1) is 10.1 Å². The molecule has 0 aliphatic carbocycles. The molecule has 2 aromatic heterocycles. The number of aromatic nitrogens is 4. The summed E-state index contributed by atoms with van der Waals surface area (Å²) in [5.41, 5.74) is 0.484. The Kier molecular flexibility index (Phi) is 8.80. The van der Waals surface area contributed by atoms with Crippen LogP contribution in [0.25, 0.3) is 11.0 Å². The minimum Gasteiger partial charge on any atom is -0.383 e. The van der Waals surface area contributed by atoms with Crippen molar-refractivity contribution in [2.75, 3.05) is 37.9 Å². The van der Waals surface area contributed by atoms with Gasteiger partial charge in [0.05, 0.1) is 40.2 Å². The van der Waals surface area contributed by atoms with Crippen molar-refractivity contribution in [1.29, 1.82) is 0 Å². The lowest BCUT2D eigenvalue weighted by atomic mass is 10.2. The Balaban J connectivity index is 1.75. The Bertz CT molecular complexity index is 1140. The number of methoxy groups -OCH3 is 1. The Morgan fingerprint density at radius 3 is 2.88 bits per heavy atom. The smallest absolute Gasteiger partial charge is 0.270 e. The number of benzene rings is 1. The molecule has 33 heavy (non-hydrogen) atoms. The third-order valence-corrected chi connectivity index (χ3v) is 5.91. The number of nitro groups is 1. The van der Waals surface area contributed by atoms with Gasteiger partial charge in [0, 0.05) is 38.1 Å². The van der Waals surface area contributed by atoms with E-state index < -0.39 is 10.8 Å². The van der Waals surface area contributed by atoms with E-state index >= 15 is 0 Å². The highest BCUT2D eigenvalue weighted by Gasteiger charge is 2.17. The van der Waals surface area contributed by atoms with Crippen molar-refractivity contribution in [2.45, 2.75) is 25.0 Å². The summed E-state index contributed by atoms with van der Waals surface area (Å²) in [5.74, 6) is 1.06. The Morgan fingerprint density at radius 1 is 1.33 bits per heavy atom. The van der Waals surface area contributed by atoms with E-state index in [2.05, 4.69) is 32.6 Å². The fourth-order valence-corrected chi connectivity index (χ4v) is 3.83. The van der Waals surface area contributed by atoms with E-state index in [1.807, 2.05) is 0 Å². The van der Waals surface area contributed by atoms with Crippen LogP contribution in [0.4, 0.5) is 11.5 Å². The molecular weight excluding hydrogens is 470 g/mol. The molecule has 3 rings (SSSR count). The number of carbonyl (C=O) groups is 1. The summed E-state index contributed by atoms with van der Waals surface area (Å²) in [6, 6.07) is 3.74. The number of anilines is 1. The number of hydrogen-bond donors (Lipinski definition) is 2. The second kappa shape index (κ2) is 11.8. The van der Waals surface area contributed by atoms with Crippen LogP contribution in [0.1, 0.15) is 23.7 Å². The van der Waals surface area contributed by atoms with E-state index in [-0.39, 0.29) is 22.8 Å². The van der Waals surface area contributed by atoms with Gasteiger partial charge in [-0.2, -0.15) is 5.10 Å². The lowest BCUT2D eigenvalue weighted by molar-refractivity contribution is -0.384. The molecule has 1 amide bonds. The van der Waals surface area contributed by atoms with Crippen LogP contribution in [-0.4, -0.2) is 63.1 Å². The second-order valence-electron chi connectivity index (χ2n) is 6.90. The maximum Gasteiger partial charge on any atom is 0.270 e. The standard InChI is InChI=1S/C20H24ClN7O4S/c1-3-10-33-20-25-17(22-7-9-32-2)15-12-24-27(18(15)26-20)8-6-23-19(29)14-11-13(28(30)31)4-5-16(14)21/h4-5,11-12H,3,6-10H2,1-2H3,(H,23,29)(H,22,25,26). The largest absolute Gasteiger partial charge is 0.383 e. The van der Waals surface area contributed by atoms with Crippen LogP contribution in [0.3, 0.4) is 0 Å². The first-order valence-electron chi connectivity index (χ1n) is 10.3. The van der Waals surface area contributed by atoms with Gasteiger partial charge in [-0.05, 0) is 12.5 Å². The van der Waals surface area contributed by atoms with Gasteiger partial charge in [0.25, 0.3) is 11.6 Å². The van der Waals surface area contributed by atoms with Gasteiger partial charge in [0.1, 0.15) is 5.82 Å². The summed E-state index contributed by atoms with van der Waals surface area (Å²) in [6.45, 7) is 3.77. The summed E-state index contributed by atoms with van der Waals surface area (Å²) in [4.78, 5) is 32.1. The molecule has 11 nitrogen and oxygen atoms in total. The molecule has 0 aliphatic heterocycles. The highest BCUT2D eigenvalue weighted by Crippen LogP contribution is 2.25. The number of carbonyl (C=O) groups excluding carboxylic acids is 1. The number of nitro benzene ring substituents is 1. The molecule has 0 fully saturated rings. The van der Waals surface area contributed by atoms with E-state index in [1.54, 1.807) is 29.8 Å². The number of nitrogens with one attached hydrogen (secondary N) is 2. The molecule has 0 spiro atoms. The van der Waals surface area contributed by atoms with E-state index in [1.165, 1.54) is 12.1 Å². The van der Waals surface area contributed by atoms with Crippen LogP contribution >= 0.6 is 23.4 Å². The minimum absolute atomic E-state index is 0.0430. The molecular formula is C20H24ClN7O4S. The van der Waals surface area contributed by atoms with Gasteiger partial charge in [-0.15, -0.1) is 0 Å². The van der Waals surface area contributed by atoms with Crippen molar-refractivity contribution in [2.24, 2.45) is 0 Å². The Morgan fingerprint density at radius 2 is 2.15 bits per heavy atom. The monoisotopic (exact) mass is 493 g/mol. The van der Waals surface area contributed by atoms with Crippen LogP contribution in [0.5, 0.6) is 0 Å². The fourth-order valence-electron chi connectivity index (χ4n) is 2.93. The van der Waals surface area contributed by atoms with Crippen molar-refractivity contribution >= 4 is 51.8 Å². The maximum absolute atomic E-state index is 12.5. The molecule has 3 aromatic rings. The number of non-ortho nitro benzene ring substituents is 1. The highest BCUT2D eigenvalue weighted by molar-refractivity contribution is 7.99. The first-order chi connectivity index (χ1) is 15.9. The topological polar surface area (TPSA) is 137 Å². The molecule has 0 bridgehead atoms. The van der Waals surface area contributed by atoms with Crippen LogP contribution in [-0.2, 0) is 11.3 Å². The predicted molar refractivity (Wildman–Crippen MR) is 127 cm³/mol. The number of fused-ring (bicyclic) bond motifs is 1. The second-order valence-corrected chi connectivity index (χ2v) is 8.37. The van der Waals surface area contributed by atoms with E-state index in [0.717, 1.165) is 23.6 Å². The van der Waals surface area contributed by atoms with Crippen LogP contribution < -0.4 is 10.6 Å². The van der Waals surface area contributed by atoms with Crippen molar-refractivity contribution < 1.29 is 14.5 Å². The molecule has 0 radical (unpaired) electrons. The molecule has 0 saturated heterocycles. The quantitative estimate of drug-likeness (QED) is 0.128. The zero-order valence-corrected chi connectivity index (χ0v) is 19.8. The number of ether oxygens (including phenoxy) is 1. The van der Waals surface area contributed by atoms with Gasteiger partial charge >= 0.3 is 0 Å². The molecule has 13 heteroatoms. The van der Waals surface area contributed by atoms with Crippen molar-refractivity contribution in [3.05, 3.63) is 45.1 Å². The molecule has 0 saturated carbocycles. The zero-order chi connectivity index (χ0) is 23.8. The predicted octanol–water partition coefficient (Wildman–Crippen LogP) is 3.38. The average molecular weight is 494 g/mol. The number of rotatable bonds is 12. The van der Waals surface area contributed by atoms with Gasteiger partial charge in [0.15, 0.2) is 10.8 Å². The first kappa shape index (κ1) is 24.7. The molecule has 176 valence electrons. The van der Waals surface area contributed by atoms with Gasteiger partial charge in [0.2, 0.25) is 0 Å². The summed E-state index contributed by atoms with van der Waals surface area (Å²) in [7, 11) is 1.63. The number of amides is 1. The fraction of sp³-hybridized carbons (Fsp3) is 0.400. The third-order valence-electron chi connectivity index (χ3n) is 4.52. The molecule has 0 unspecified atom stereocenters. The Labute approximate surface area is 199 Å². The van der Waals surface area contributed by atoms with E-state index in [9.17, 15) is 14.9 Å². The van der Waals surface area contributed by atoms with Crippen LogP contribution in [0.2, 0.25) is 5.02 Å². The number of halogens is 1. The van der Waals surface area contributed by atoms with E-state index in [0.29, 0.717) is 36.3 Å². The lowest BCUT2D eigenvalue weighted by Gasteiger charge is -2.10. The van der Waals surface area contributed by atoms with Gasteiger partial charge in [-0.25, -0.2) is 14.6 Å². The first-order valence-corrected chi connectivity index (χ1v) is 11.6. The summed E-state index contributed by atoms with van der Waals surface area (Å²) in [6.07, 6.45) is 2.67. The van der Waals surface area contributed by atoms with Gasteiger partial charge in [-0.1, -0.05) is 30.3 Å². The highest BCUT2D eigenvalue weighted by atomic mass is 35.5. The van der Waals surface area contributed by atoms with E-state index in [4.69, 9.17) is 16.3 Å².